The van der Waals surface area contributed by atoms with Crippen molar-refractivity contribution in [1.82, 2.24) is 10.3 Å². The highest BCUT2D eigenvalue weighted by molar-refractivity contribution is 6.01. The zero-order valence-corrected chi connectivity index (χ0v) is 10.5. The van der Waals surface area contributed by atoms with Crippen LogP contribution in [-0.2, 0) is 9.53 Å². The molecule has 2 amide bonds. The van der Waals surface area contributed by atoms with Gasteiger partial charge in [-0.25, -0.2) is 4.79 Å². The molecule has 0 bridgehead atoms. The van der Waals surface area contributed by atoms with Crippen LogP contribution in [0.3, 0.4) is 0 Å². The molecule has 1 heterocycles. The number of aromatic amines is 1. The van der Waals surface area contributed by atoms with Crippen molar-refractivity contribution in [2.24, 2.45) is 0 Å². The predicted molar refractivity (Wildman–Crippen MR) is 72.0 cm³/mol. The van der Waals surface area contributed by atoms with Crippen molar-refractivity contribution in [3.05, 3.63) is 30.5 Å². The van der Waals surface area contributed by atoms with Gasteiger partial charge in [0.05, 0.1) is 12.3 Å². The average molecular weight is 261 g/mol. The number of nitrogens with one attached hydrogen (secondary N) is 3. The zero-order valence-electron chi connectivity index (χ0n) is 10.5. The summed E-state index contributed by atoms with van der Waals surface area (Å²) in [5, 5.41) is 6.02. The van der Waals surface area contributed by atoms with Gasteiger partial charge in [0.2, 0.25) is 0 Å². The predicted octanol–water partition coefficient (Wildman–Crippen LogP) is 1.85. The molecular formula is C13H15N3O3. The number of aromatic nitrogens is 1. The van der Waals surface area contributed by atoms with Crippen LogP contribution in [-0.4, -0.2) is 30.1 Å². The first-order valence-electron chi connectivity index (χ1n) is 5.97. The lowest BCUT2D eigenvalue weighted by Gasteiger charge is -2.06. The Morgan fingerprint density at radius 2 is 2.11 bits per heavy atom. The van der Waals surface area contributed by atoms with Gasteiger partial charge in [-0.15, -0.1) is 0 Å². The first-order chi connectivity index (χ1) is 9.20. The minimum absolute atomic E-state index is 0.151. The van der Waals surface area contributed by atoms with Crippen LogP contribution >= 0.6 is 0 Å². The smallest absolute Gasteiger partial charge is 0.325 e. The first-order valence-corrected chi connectivity index (χ1v) is 5.97. The Labute approximate surface area is 110 Å². The van der Waals surface area contributed by atoms with E-state index in [2.05, 4.69) is 15.6 Å². The minimum Gasteiger partial charge on any atom is -0.465 e. The molecule has 0 unspecified atom stereocenters. The normalized spacial score (nSPS) is 10.2. The molecule has 0 radical (unpaired) electrons. The number of carbonyl (C=O) groups is 2. The maximum absolute atomic E-state index is 11.6. The van der Waals surface area contributed by atoms with E-state index < -0.39 is 12.0 Å². The molecule has 0 spiro atoms. The second kappa shape index (κ2) is 5.90. The fourth-order valence-electron chi connectivity index (χ4n) is 1.71. The third kappa shape index (κ3) is 3.25. The Kier molecular flexibility index (Phi) is 4.02. The highest BCUT2D eigenvalue weighted by Crippen LogP contribution is 2.22. The molecule has 1 aromatic carbocycles. The van der Waals surface area contributed by atoms with Crippen molar-refractivity contribution in [2.75, 3.05) is 18.5 Å². The van der Waals surface area contributed by atoms with Crippen molar-refractivity contribution in [1.29, 1.82) is 0 Å². The highest BCUT2D eigenvalue weighted by atomic mass is 16.5. The maximum Gasteiger partial charge on any atom is 0.325 e. The van der Waals surface area contributed by atoms with Gasteiger partial charge < -0.3 is 20.4 Å². The summed E-state index contributed by atoms with van der Waals surface area (Å²) in [4.78, 5) is 25.8. The van der Waals surface area contributed by atoms with E-state index >= 15 is 0 Å². The monoisotopic (exact) mass is 261 g/mol. The van der Waals surface area contributed by atoms with Crippen LogP contribution in [0.2, 0.25) is 0 Å². The Balaban J connectivity index is 1.94. The van der Waals surface area contributed by atoms with Gasteiger partial charge in [-0.3, -0.25) is 4.79 Å². The SMILES string of the molecule is CCOC(=O)CNC(=O)Nc1c[nH]c2ccccc12. The molecule has 3 N–H and O–H groups in total. The summed E-state index contributed by atoms with van der Waals surface area (Å²) >= 11 is 0. The number of para-hydroxylation sites is 1. The van der Waals surface area contributed by atoms with Crippen LogP contribution < -0.4 is 10.6 Å². The van der Waals surface area contributed by atoms with E-state index in [1.165, 1.54) is 0 Å². The summed E-state index contributed by atoms with van der Waals surface area (Å²) < 4.78 is 4.71. The van der Waals surface area contributed by atoms with E-state index in [9.17, 15) is 9.59 Å². The molecule has 6 heteroatoms. The third-order valence-electron chi connectivity index (χ3n) is 2.54. The first kappa shape index (κ1) is 12.9. The summed E-state index contributed by atoms with van der Waals surface area (Å²) in [6.07, 6.45) is 1.70. The number of rotatable bonds is 4. The lowest BCUT2D eigenvalue weighted by Crippen LogP contribution is -2.34. The van der Waals surface area contributed by atoms with Gasteiger partial charge in [-0.1, -0.05) is 18.2 Å². The fraction of sp³-hybridized carbons (Fsp3) is 0.231. The molecule has 0 aliphatic heterocycles. The van der Waals surface area contributed by atoms with E-state index in [1.807, 2.05) is 24.3 Å². The number of benzene rings is 1. The van der Waals surface area contributed by atoms with Crippen molar-refractivity contribution in [3.63, 3.8) is 0 Å². The molecule has 0 fully saturated rings. The molecule has 0 saturated heterocycles. The summed E-state index contributed by atoms with van der Waals surface area (Å²) in [6, 6.07) is 7.16. The third-order valence-corrected chi connectivity index (χ3v) is 2.54. The fourth-order valence-corrected chi connectivity index (χ4v) is 1.71. The second-order valence-electron chi connectivity index (χ2n) is 3.86. The molecule has 0 atom stereocenters. The van der Waals surface area contributed by atoms with Gasteiger partial charge in [-0.2, -0.15) is 0 Å². The summed E-state index contributed by atoms with van der Waals surface area (Å²) in [6.45, 7) is 1.86. The Bertz CT molecular complexity index is 592. The van der Waals surface area contributed by atoms with Gasteiger partial charge in [0.25, 0.3) is 0 Å². The average Bonchev–Trinajstić information content (AvgIpc) is 2.80. The number of fused-ring (bicyclic) bond motifs is 1. The van der Waals surface area contributed by atoms with Gasteiger partial charge in [0.15, 0.2) is 0 Å². The van der Waals surface area contributed by atoms with Crippen LogP contribution in [0, 0.1) is 0 Å². The zero-order chi connectivity index (χ0) is 13.7. The Hall–Kier alpha value is -2.50. The van der Waals surface area contributed by atoms with Crippen molar-refractivity contribution < 1.29 is 14.3 Å². The topological polar surface area (TPSA) is 83.2 Å². The van der Waals surface area contributed by atoms with Crippen LogP contribution in [0.4, 0.5) is 10.5 Å². The number of hydrogen-bond acceptors (Lipinski definition) is 3. The number of amides is 2. The number of esters is 1. The Morgan fingerprint density at radius 3 is 2.89 bits per heavy atom. The van der Waals surface area contributed by atoms with E-state index in [-0.39, 0.29) is 6.54 Å². The van der Waals surface area contributed by atoms with Crippen LogP contribution in [0.25, 0.3) is 10.9 Å². The standard InChI is InChI=1S/C13H15N3O3/c1-2-19-12(17)8-15-13(18)16-11-7-14-10-6-4-3-5-9(10)11/h3-7,14H,2,8H2,1H3,(H2,15,16,18). The lowest BCUT2D eigenvalue weighted by molar-refractivity contribution is -0.141. The number of H-pyrrole nitrogens is 1. The highest BCUT2D eigenvalue weighted by Gasteiger charge is 2.08. The van der Waals surface area contributed by atoms with E-state index in [0.29, 0.717) is 12.3 Å². The molecule has 0 aliphatic rings. The second-order valence-corrected chi connectivity index (χ2v) is 3.86. The molecule has 100 valence electrons. The maximum atomic E-state index is 11.6. The van der Waals surface area contributed by atoms with Gasteiger partial charge in [-0.05, 0) is 13.0 Å². The van der Waals surface area contributed by atoms with Crippen molar-refractivity contribution in [2.45, 2.75) is 6.92 Å². The van der Waals surface area contributed by atoms with E-state index in [4.69, 9.17) is 4.74 Å². The van der Waals surface area contributed by atoms with Gasteiger partial charge >= 0.3 is 12.0 Å². The summed E-state index contributed by atoms with van der Waals surface area (Å²) in [7, 11) is 0. The molecular weight excluding hydrogens is 246 g/mol. The molecule has 2 aromatic rings. The van der Waals surface area contributed by atoms with Crippen molar-refractivity contribution in [3.8, 4) is 0 Å². The number of urea groups is 1. The largest absolute Gasteiger partial charge is 0.465 e. The summed E-state index contributed by atoms with van der Waals surface area (Å²) in [5.74, 6) is -0.462. The summed E-state index contributed by atoms with van der Waals surface area (Å²) in [5.41, 5.74) is 1.60. The molecule has 19 heavy (non-hydrogen) atoms. The van der Waals surface area contributed by atoms with Crippen LogP contribution in [0.5, 0.6) is 0 Å². The van der Waals surface area contributed by atoms with Crippen LogP contribution in [0.1, 0.15) is 6.92 Å². The van der Waals surface area contributed by atoms with Gasteiger partial charge in [0, 0.05) is 17.1 Å². The van der Waals surface area contributed by atoms with Crippen molar-refractivity contribution >= 4 is 28.6 Å². The van der Waals surface area contributed by atoms with Crippen LogP contribution in [0.15, 0.2) is 30.5 Å². The van der Waals surface area contributed by atoms with E-state index in [0.717, 1.165) is 10.9 Å². The lowest BCUT2D eigenvalue weighted by atomic mass is 10.2. The number of carbonyl (C=O) groups excluding carboxylic acids is 2. The van der Waals surface area contributed by atoms with E-state index in [1.54, 1.807) is 13.1 Å². The molecule has 0 aliphatic carbocycles. The number of ether oxygens (including phenoxy) is 1. The molecule has 2 rings (SSSR count). The Morgan fingerprint density at radius 1 is 1.32 bits per heavy atom. The number of anilines is 1. The quantitative estimate of drug-likeness (QED) is 0.734. The molecule has 1 aromatic heterocycles. The molecule has 6 nitrogen and oxygen atoms in total. The van der Waals surface area contributed by atoms with Gasteiger partial charge in [0.1, 0.15) is 6.54 Å². The molecule has 0 saturated carbocycles. The minimum atomic E-state index is -0.462. The number of hydrogen-bond donors (Lipinski definition) is 3.